The minimum Gasteiger partial charge on any atom is -0.507 e. The number of halogens is 2. The van der Waals surface area contributed by atoms with Crippen LogP contribution in [0.1, 0.15) is 15.9 Å². The number of carbonyl (C=O) groups excluding carboxylic acids is 1. The number of carbonyl (C=O) groups is 1. The number of hydrogen-bond acceptors (Lipinski definition) is 2. The van der Waals surface area contributed by atoms with Crippen molar-refractivity contribution >= 4 is 33.3 Å². The lowest BCUT2D eigenvalue weighted by Gasteiger charge is -2.04. The second-order valence-corrected chi connectivity index (χ2v) is 4.85. The smallest absolute Gasteiger partial charge is 0.196 e. The number of phenolic OH excluding ortho intramolecular Hbond substituents is 1. The van der Waals surface area contributed by atoms with Crippen molar-refractivity contribution in [2.45, 2.75) is 0 Å². The lowest BCUT2D eigenvalue weighted by atomic mass is 10.0. The third kappa shape index (κ3) is 2.68. The third-order valence-electron chi connectivity index (χ3n) is 2.29. The number of phenols is 1. The molecule has 0 saturated carbocycles. The molecule has 0 aliphatic rings. The van der Waals surface area contributed by atoms with Crippen LogP contribution in [0.15, 0.2) is 46.9 Å². The fourth-order valence-electron chi connectivity index (χ4n) is 1.48. The summed E-state index contributed by atoms with van der Waals surface area (Å²) in [7, 11) is 0. The maximum absolute atomic E-state index is 12.1. The molecule has 0 heterocycles. The van der Waals surface area contributed by atoms with Crippen LogP contribution in [0.3, 0.4) is 0 Å². The van der Waals surface area contributed by atoms with Crippen LogP contribution in [-0.4, -0.2) is 10.9 Å². The molecule has 0 atom stereocenters. The molecule has 86 valence electrons. The fraction of sp³-hybridized carbons (Fsp3) is 0. The Morgan fingerprint density at radius 1 is 1.18 bits per heavy atom. The maximum Gasteiger partial charge on any atom is 0.196 e. The highest BCUT2D eigenvalue weighted by atomic mass is 79.9. The first kappa shape index (κ1) is 12.1. The summed E-state index contributed by atoms with van der Waals surface area (Å²) in [6, 6.07) is 11.4. The molecule has 0 unspecified atom stereocenters. The van der Waals surface area contributed by atoms with Gasteiger partial charge in [0.05, 0.1) is 5.56 Å². The Balaban J connectivity index is 2.44. The van der Waals surface area contributed by atoms with Gasteiger partial charge in [-0.3, -0.25) is 4.79 Å². The van der Waals surface area contributed by atoms with Crippen molar-refractivity contribution in [1.29, 1.82) is 0 Å². The van der Waals surface area contributed by atoms with Gasteiger partial charge in [0.1, 0.15) is 5.75 Å². The predicted octanol–water partition coefficient (Wildman–Crippen LogP) is 4.04. The summed E-state index contributed by atoms with van der Waals surface area (Å²) in [5.41, 5.74) is 0.754. The van der Waals surface area contributed by atoms with Crippen LogP contribution in [0.25, 0.3) is 0 Å². The normalized spacial score (nSPS) is 10.2. The van der Waals surface area contributed by atoms with Gasteiger partial charge in [-0.15, -0.1) is 0 Å². The van der Waals surface area contributed by atoms with Crippen LogP contribution in [0, 0.1) is 0 Å². The molecule has 0 aliphatic heterocycles. The average molecular weight is 312 g/mol. The number of benzene rings is 2. The van der Waals surface area contributed by atoms with Gasteiger partial charge in [-0.2, -0.15) is 0 Å². The van der Waals surface area contributed by atoms with Crippen LogP contribution >= 0.6 is 27.5 Å². The van der Waals surface area contributed by atoms with E-state index in [1.165, 1.54) is 12.1 Å². The Morgan fingerprint density at radius 3 is 2.59 bits per heavy atom. The molecule has 1 N–H and O–H groups in total. The molecule has 4 heteroatoms. The number of aromatic hydroxyl groups is 1. The van der Waals surface area contributed by atoms with E-state index in [0.717, 1.165) is 4.47 Å². The molecule has 0 spiro atoms. The summed E-state index contributed by atoms with van der Waals surface area (Å²) in [6.07, 6.45) is 0. The summed E-state index contributed by atoms with van der Waals surface area (Å²) in [6.45, 7) is 0. The van der Waals surface area contributed by atoms with Gasteiger partial charge < -0.3 is 5.11 Å². The van der Waals surface area contributed by atoms with Crippen LogP contribution in [0.5, 0.6) is 5.75 Å². The topological polar surface area (TPSA) is 37.3 Å². The molecular weight excluding hydrogens is 303 g/mol. The Kier molecular flexibility index (Phi) is 3.50. The van der Waals surface area contributed by atoms with Crippen molar-refractivity contribution in [3.05, 3.63) is 63.1 Å². The molecule has 0 amide bonds. The van der Waals surface area contributed by atoms with Crippen molar-refractivity contribution in [2.75, 3.05) is 0 Å². The molecule has 0 radical (unpaired) electrons. The Hall–Kier alpha value is -1.32. The number of rotatable bonds is 2. The Labute approximate surface area is 112 Å². The van der Waals surface area contributed by atoms with E-state index in [4.69, 9.17) is 11.6 Å². The molecule has 2 aromatic rings. The van der Waals surface area contributed by atoms with Crippen molar-refractivity contribution in [3.63, 3.8) is 0 Å². The van der Waals surface area contributed by atoms with Gasteiger partial charge in [-0.05, 0) is 30.3 Å². The molecule has 0 fully saturated rings. The van der Waals surface area contributed by atoms with Gasteiger partial charge in [-0.25, -0.2) is 0 Å². The highest BCUT2D eigenvalue weighted by molar-refractivity contribution is 9.10. The van der Waals surface area contributed by atoms with Crippen molar-refractivity contribution in [2.24, 2.45) is 0 Å². The lowest BCUT2D eigenvalue weighted by Crippen LogP contribution is -2.01. The van der Waals surface area contributed by atoms with E-state index in [1.54, 1.807) is 24.3 Å². The Morgan fingerprint density at radius 2 is 1.94 bits per heavy atom. The molecular formula is C13H8BrClO2. The summed E-state index contributed by atoms with van der Waals surface area (Å²) in [4.78, 5) is 12.1. The third-order valence-corrected chi connectivity index (χ3v) is 3.02. The van der Waals surface area contributed by atoms with Gasteiger partial charge >= 0.3 is 0 Å². The summed E-state index contributed by atoms with van der Waals surface area (Å²) < 4.78 is 0.816. The second kappa shape index (κ2) is 4.90. The second-order valence-electron chi connectivity index (χ2n) is 3.50. The van der Waals surface area contributed by atoms with E-state index in [2.05, 4.69) is 15.9 Å². The average Bonchev–Trinajstić information content (AvgIpc) is 2.28. The molecule has 0 bridgehead atoms. The van der Waals surface area contributed by atoms with Crippen molar-refractivity contribution in [3.8, 4) is 5.75 Å². The summed E-state index contributed by atoms with van der Waals surface area (Å²) in [5, 5.41) is 10.1. The van der Waals surface area contributed by atoms with E-state index in [0.29, 0.717) is 10.6 Å². The Bertz CT molecular complexity index is 581. The first-order valence-electron chi connectivity index (χ1n) is 4.87. The fourth-order valence-corrected chi connectivity index (χ4v) is 2.05. The monoisotopic (exact) mass is 310 g/mol. The predicted molar refractivity (Wildman–Crippen MR) is 70.7 cm³/mol. The van der Waals surface area contributed by atoms with Gasteiger partial charge in [0.2, 0.25) is 0 Å². The van der Waals surface area contributed by atoms with Crippen LogP contribution in [0.4, 0.5) is 0 Å². The minimum absolute atomic E-state index is 0.109. The highest BCUT2D eigenvalue weighted by Gasteiger charge is 2.13. The number of ketones is 1. The highest BCUT2D eigenvalue weighted by Crippen LogP contribution is 2.25. The zero-order chi connectivity index (χ0) is 12.4. The maximum atomic E-state index is 12.1. The van der Waals surface area contributed by atoms with Crippen LogP contribution in [0.2, 0.25) is 5.02 Å². The first-order valence-corrected chi connectivity index (χ1v) is 6.04. The molecule has 2 aromatic carbocycles. The van der Waals surface area contributed by atoms with Crippen molar-refractivity contribution in [1.82, 2.24) is 0 Å². The van der Waals surface area contributed by atoms with E-state index in [-0.39, 0.29) is 17.1 Å². The quantitative estimate of drug-likeness (QED) is 0.850. The zero-order valence-electron chi connectivity index (χ0n) is 8.65. The van der Waals surface area contributed by atoms with Gasteiger partial charge in [0.15, 0.2) is 5.78 Å². The van der Waals surface area contributed by atoms with E-state index in [9.17, 15) is 9.90 Å². The lowest BCUT2D eigenvalue weighted by molar-refractivity contribution is 0.103. The van der Waals surface area contributed by atoms with Crippen LogP contribution in [-0.2, 0) is 0 Å². The van der Waals surface area contributed by atoms with Gasteiger partial charge in [0.25, 0.3) is 0 Å². The molecule has 2 nitrogen and oxygen atoms in total. The molecule has 0 aromatic heterocycles. The molecule has 17 heavy (non-hydrogen) atoms. The SMILES string of the molecule is O=C(c1cccc(Br)c1)c1ccc(Cl)cc1O. The van der Waals surface area contributed by atoms with Crippen LogP contribution < -0.4 is 0 Å². The van der Waals surface area contributed by atoms with E-state index < -0.39 is 0 Å². The number of hydrogen-bond donors (Lipinski definition) is 1. The summed E-state index contributed by atoms with van der Waals surface area (Å²) in [5.74, 6) is -0.344. The van der Waals surface area contributed by atoms with E-state index >= 15 is 0 Å². The van der Waals surface area contributed by atoms with Gasteiger partial charge in [-0.1, -0.05) is 39.7 Å². The zero-order valence-corrected chi connectivity index (χ0v) is 11.0. The molecule has 2 rings (SSSR count). The van der Waals surface area contributed by atoms with Crippen molar-refractivity contribution < 1.29 is 9.90 Å². The van der Waals surface area contributed by atoms with E-state index in [1.807, 2.05) is 6.07 Å². The molecule has 0 saturated heterocycles. The standard InChI is InChI=1S/C13H8BrClO2/c14-9-3-1-2-8(6-9)13(17)11-5-4-10(15)7-12(11)16/h1-7,16H. The summed E-state index contributed by atoms with van der Waals surface area (Å²) >= 11 is 9.01. The largest absolute Gasteiger partial charge is 0.507 e. The molecule has 0 aliphatic carbocycles. The van der Waals surface area contributed by atoms with Gasteiger partial charge in [0, 0.05) is 15.1 Å². The minimum atomic E-state index is -0.236. The first-order chi connectivity index (χ1) is 8.08.